The summed E-state index contributed by atoms with van der Waals surface area (Å²) in [5.41, 5.74) is 14.2. The summed E-state index contributed by atoms with van der Waals surface area (Å²) in [7, 11) is 0. The normalized spacial score (nSPS) is 10.2. The Balaban J connectivity index is 2.16. The van der Waals surface area contributed by atoms with Crippen LogP contribution in [0, 0.1) is 6.92 Å². The van der Waals surface area contributed by atoms with Crippen LogP contribution in [0.4, 0.5) is 11.4 Å². The zero-order valence-corrected chi connectivity index (χ0v) is 10.6. The minimum Gasteiger partial charge on any atom is -0.399 e. The molecule has 6 nitrogen and oxygen atoms in total. The Morgan fingerprint density at radius 3 is 2.74 bits per heavy atom. The first-order chi connectivity index (χ1) is 9.06. The van der Waals surface area contributed by atoms with E-state index in [2.05, 4.69) is 15.3 Å². The van der Waals surface area contributed by atoms with Crippen LogP contribution in [0.25, 0.3) is 0 Å². The lowest BCUT2D eigenvalue weighted by Crippen LogP contribution is -2.15. The molecule has 0 atom stereocenters. The van der Waals surface area contributed by atoms with Crippen molar-refractivity contribution in [2.75, 3.05) is 11.1 Å². The first-order valence-electron chi connectivity index (χ1n) is 5.77. The summed E-state index contributed by atoms with van der Waals surface area (Å²) in [5, 5.41) is 3.09. The number of nitrogens with zero attached hydrogens (tertiary/aromatic N) is 2. The number of anilines is 2. The SMILES string of the molecule is Cc1cnc(CNc2cc(N)ccc2C(N)=O)cn1. The first kappa shape index (κ1) is 12.8. The molecule has 1 aromatic heterocycles. The monoisotopic (exact) mass is 257 g/mol. The summed E-state index contributed by atoms with van der Waals surface area (Å²) < 4.78 is 0. The van der Waals surface area contributed by atoms with E-state index in [4.69, 9.17) is 11.5 Å². The number of hydrogen-bond acceptors (Lipinski definition) is 5. The number of nitrogen functional groups attached to an aromatic ring is 1. The number of carbonyl (C=O) groups is 1. The van der Waals surface area contributed by atoms with E-state index in [-0.39, 0.29) is 0 Å². The van der Waals surface area contributed by atoms with Crippen LogP contribution < -0.4 is 16.8 Å². The molecule has 6 heteroatoms. The van der Waals surface area contributed by atoms with Crippen LogP contribution >= 0.6 is 0 Å². The zero-order chi connectivity index (χ0) is 13.8. The molecule has 0 unspecified atom stereocenters. The molecule has 0 aliphatic heterocycles. The highest BCUT2D eigenvalue weighted by molar-refractivity contribution is 5.99. The lowest BCUT2D eigenvalue weighted by molar-refractivity contribution is 0.100. The van der Waals surface area contributed by atoms with Crippen molar-refractivity contribution in [3.8, 4) is 0 Å². The molecule has 2 aromatic rings. The maximum atomic E-state index is 11.3. The van der Waals surface area contributed by atoms with E-state index in [1.165, 1.54) is 0 Å². The van der Waals surface area contributed by atoms with Crippen LogP contribution in [0.2, 0.25) is 0 Å². The van der Waals surface area contributed by atoms with E-state index >= 15 is 0 Å². The molecule has 98 valence electrons. The van der Waals surface area contributed by atoms with Crippen molar-refractivity contribution in [1.29, 1.82) is 0 Å². The van der Waals surface area contributed by atoms with Gasteiger partial charge < -0.3 is 16.8 Å². The number of aromatic nitrogens is 2. The van der Waals surface area contributed by atoms with Crippen LogP contribution in [-0.2, 0) is 6.54 Å². The lowest BCUT2D eigenvalue weighted by Gasteiger charge is -2.10. The fraction of sp³-hybridized carbons (Fsp3) is 0.154. The highest BCUT2D eigenvalue weighted by Crippen LogP contribution is 2.19. The van der Waals surface area contributed by atoms with Gasteiger partial charge in [0.2, 0.25) is 0 Å². The fourth-order valence-corrected chi connectivity index (χ4v) is 1.62. The summed E-state index contributed by atoms with van der Waals surface area (Å²) in [6, 6.07) is 4.90. The Hall–Kier alpha value is -2.63. The van der Waals surface area contributed by atoms with Crippen molar-refractivity contribution in [3.63, 3.8) is 0 Å². The molecule has 0 saturated carbocycles. The Bertz CT molecular complexity index is 594. The molecular weight excluding hydrogens is 242 g/mol. The molecule has 5 N–H and O–H groups in total. The van der Waals surface area contributed by atoms with Crippen molar-refractivity contribution in [3.05, 3.63) is 47.5 Å². The smallest absolute Gasteiger partial charge is 0.250 e. The highest BCUT2D eigenvalue weighted by Gasteiger charge is 2.08. The van der Waals surface area contributed by atoms with Gasteiger partial charge in [-0.1, -0.05) is 0 Å². The summed E-state index contributed by atoms with van der Waals surface area (Å²) in [4.78, 5) is 19.7. The number of hydrogen-bond donors (Lipinski definition) is 3. The van der Waals surface area contributed by atoms with E-state index in [0.29, 0.717) is 23.5 Å². The maximum absolute atomic E-state index is 11.3. The number of aryl methyl sites for hydroxylation is 1. The van der Waals surface area contributed by atoms with Gasteiger partial charge in [-0.25, -0.2) is 0 Å². The van der Waals surface area contributed by atoms with Gasteiger partial charge in [0.15, 0.2) is 0 Å². The van der Waals surface area contributed by atoms with Crippen LogP contribution in [0.5, 0.6) is 0 Å². The minimum atomic E-state index is -0.502. The van der Waals surface area contributed by atoms with Gasteiger partial charge >= 0.3 is 0 Å². The average Bonchev–Trinajstić information content (AvgIpc) is 2.38. The van der Waals surface area contributed by atoms with Gasteiger partial charge in [0.1, 0.15) is 0 Å². The average molecular weight is 257 g/mol. The second kappa shape index (κ2) is 5.34. The van der Waals surface area contributed by atoms with Crippen molar-refractivity contribution < 1.29 is 4.79 Å². The summed E-state index contributed by atoms with van der Waals surface area (Å²) in [6.07, 6.45) is 3.37. The predicted octanol–water partition coefficient (Wildman–Crippen LogP) is 1.08. The van der Waals surface area contributed by atoms with E-state index < -0.39 is 5.91 Å². The van der Waals surface area contributed by atoms with Crippen LogP contribution in [-0.4, -0.2) is 15.9 Å². The molecule has 0 aliphatic carbocycles. The van der Waals surface area contributed by atoms with Crippen molar-refractivity contribution in [2.24, 2.45) is 5.73 Å². The maximum Gasteiger partial charge on any atom is 0.250 e. The second-order valence-corrected chi connectivity index (χ2v) is 4.17. The van der Waals surface area contributed by atoms with Crippen molar-refractivity contribution >= 4 is 17.3 Å². The van der Waals surface area contributed by atoms with Gasteiger partial charge in [0, 0.05) is 17.6 Å². The molecule has 2 rings (SSSR count). The number of carbonyl (C=O) groups excluding carboxylic acids is 1. The predicted molar refractivity (Wildman–Crippen MR) is 73.5 cm³/mol. The molecule has 19 heavy (non-hydrogen) atoms. The van der Waals surface area contributed by atoms with Crippen molar-refractivity contribution in [2.45, 2.75) is 13.5 Å². The molecule has 0 fully saturated rings. The molecule has 0 spiro atoms. The molecule has 0 radical (unpaired) electrons. The molecular formula is C13H15N5O. The van der Waals surface area contributed by atoms with E-state index in [1.54, 1.807) is 30.6 Å². The quantitative estimate of drug-likeness (QED) is 0.710. The fourth-order valence-electron chi connectivity index (χ4n) is 1.62. The van der Waals surface area contributed by atoms with Gasteiger partial charge in [-0.3, -0.25) is 14.8 Å². The van der Waals surface area contributed by atoms with Crippen LogP contribution in [0.3, 0.4) is 0 Å². The van der Waals surface area contributed by atoms with Crippen LogP contribution in [0.15, 0.2) is 30.6 Å². The number of benzene rings is 1. The Kier molecular flexibility index (Phi) is 3.61. The number of primary amides is 1. The number of amides is 1. The minimum absolute atomic E-state index is 0.397. The van der Waals surface area contributed by atoms with Gasteiger partial charge in [0.25, 0.3) is 5.91 Å². The van der Waals surface area contributed by atoms with E-state index in [0.717, 1.165) is 11.4 Å². The van der Waals surface area contributed by atoms with Crippen molar-refractivity contribution in [1.82, 2.24) is 9.97 Å². The standard InChI is InChI=1S/C13H15N5O/c1-8-5-17-10(6-16-8)7-18-12-4-9(14)2-3-11(12)13(15)19/h2-6,18H,7,14H2,1H3,(H2,15,19). The second-order valence-electron chi connectivity index (χ2n) is 4.17. The topological polar surface area (TPSA) is 107 Å². The third-order valence-corrected chi connectivity index (χ3v) is 2.60. The molecule has 0 saturated heterocycles. The summed E-state index contributed by atoms with van der Waals surface area (Å²) in [6.45, 7) is 2.31. The van der Waals surface area contributed by atoms with Gasteiger partial charge in [-0.15, -0.1) is 0 Å². The Morgan fingerprint density at radius 1 is 1.32 bits per heavy atom. The zero-order valence-electron chi connectivity index (χ0n) is 10.6. The third kappa shape index (κ3) is 3.19. The summed E-state index contributed by atoms with van der Waals surface area (Å²) >= 11 is 0. The first-order valence-corrected chi connectivity index (χ1v) is 5.77. The van der Waals surface area contributed by atoms with Gasteiger partial charge in [-0.2, -0.15) is 0 Å². The number of rotatable bonds is 4. The highest BCUT2D eigenvalue weighted by atomic mass is 16.1. The Morgan fingerprint density at radius 2 is 2.11 bits per heavy atom. The molecule has 1 aromatic carbocycles. The molecule has 0 aliphatic rings. The molecule has 1 heterocycles. The summed E-state index contributed by atoms with van der Waals surface area (Å²) in [5.74, 6) is -0.502. The molecule has 1 amide bonds. The molecule has 0 bridgehead atoms. The van der Waals surface area contributed by atoms with E-state index in [9.17, 15) is 4.79 Å². The Labute approximate surface area is 110 Å². The third-order valence-electron chi connectivity index (χ3n) is 2.60. The van der Waals surface area contributed by atoms with Gasteiger partial charge in [-0.05, 0) is 25.1 Å². The number of nitrogens with one attached hydrogen (secondary N) is 1. The largest absolute Gasteiger partial charge is 0.399 e. The van der Waals surface area contributed by atoms with E-state index in [1.807, 2.05) is 6.92 Å². The van der Waals surface area contributed by atoms with Gasteiger partial charge in [0.05, 0.1) is 29.7 Å². The lowest BCUT2D eigenvalue weighted by atomic mass is 10.1. The van der Waals surface area contributed by atoms with Crippen LogP contribution in [0.1, 0.15) is 21.7 Å². The number of nitrogens with two attached hydrogens (primary N) is 2.